The molecular weight excluding hydrogens is 392 g/mol. The largest absolute Gasteiger partial charge is 0.465 e. The van der Waals surface area contributed by atoms with Crippen LogP contribution in [0.25, 0.3) is 0 Å². The average Bonchev–Trinajstić information content (AvgIpc) is 2.78. The van der Waals surface area contributed by atoms with Crippen LogP contribution in [-0.4, -0.2) is 12.6 Å². The van der Waals surface area contributed by atoms with Gasteiger partial charge >= 0.3 is 5.97 Å². The van der Waals surface area contributed by atoms with Gasteiger partial charge < -0.3 is 4.74 Å². The number of unbranched alkanes of at least 4 members (excludes halogenated alkanes) is 4. The van der Waals surface area contributed by atoms with E-state index in [0.717, 1.165) is 25.2 Å². The van der Waals surface area contributed by atoms with E-state index in [-0.39, 0.29) is 11.9 Å². The van der Waals surface area contributed by atoms with Crippen molar-refractivity contribution in [2.75, 3.05) is 6.61 Å². The molecule has 0 saturated heterocycles. The van der Waals surface area contributed by atoms with Gasteiger partial charge in [-0.2, -0.15) is 0 Å². The maximum atomic E-state index is 12.5. The van der Waals surface area contributed by atoms with Crippen LogP contribution in [0.1, 0.15) is 144 Å². The molecule has 0 radical (unpaired) electrons. The van der Waals surface area contributed by atoms with E-state index in [1.165, 1.54) is 89.0 Å². The van der Waals surface area contributed by atoms with Crippen LogP contribution in [0.3, 0.4) is 0 Å². The molecule has 0 N–H and O–H groups in total. The van der Waals surface area contributed by atoms with Crippen molar-refractivity contribution in [3.63, 3.8) is 0 Å². The van der Waals surface area contributed by atoms with Gasteiger partial charge in [0.05, 0.1) is 12.5 Å². The summed E-state index contributed by atoms with van der Waals surface area (Å²) < 4.78 is 5.73. The van der Waals surface area contributed by atoms with Crippen LogP contribution in [0, 0.1) is 23.7 Å². The fourth-order valence-corrected chi connectivity index (χ4v) is 4.73. The Morgan fingerprint density at radius 2 is 1.19 bits per heavy atom. The van der Waals surface area contributed by atoms with E-state index in [1.54, 1.807) is 0 Å². The number of hydrogen-bond donors (Lipinski definition) is 0. The number of hydrogen-bond acceptors (Lipinski definition) is 2. The number of allylic oxidation sites excluding steroid dienone is 1. The van der Waals surface area contributed by atoms with Gasteiger partial charge in [-0.15, -0.1) is 0 Å². The zero-order valence-corrected chi connectivity index (χ0v) is 22.9. The number of rotatable bonds is 22. The van der Waals surface area contributed by atoms with Gasteiger partial charge in [0.1, 0.15) is 0 Å². The SMILES string of the molecule is C=C(CCC(CCC)CCCCC)C(C)CCC(C)C(=O)OCC(CCC)CCCCC. The van der Waals surface area contributed by atoms with E-state index in [9.17, 15) is 4.79 Å². The highest BCUT2D eigenvalue weighted by atomic mass is 16.5. The van der Waals surface area contributed by atoms with Crippen molar-refractivity contribution in [1.29, 1.82) is 0 Å². The lowest BCUT2D eigenvalue weighted by Gasteiger charge is -2.21. The number of esters is 1. The Morgan fingerprint density at radius 1 is 0.656 bits per heavy atom. The van der Waals surface area contributed by atoms with Gasteiger partial charge in [0.15, 0.2) is 0 Å². The maximum absolute atomic E-state index is 12.5. The van der Waals surface area contributed by atoms with Crippen LogP contribution < -0.4 is 0 Å². The summed E-state index contributed by atoms with van der Waals surface area (Å²) in [5, 5.41) is 0. The topological polar surface area (TPSA) is 26.3 Å². The van der Waals surface area contributed by atoms with Gasteiger partial charge in [-0.05, 0) is 56.3 Å². The first-order valence-electron chi connectivity index (χ1n) is 14.2. The average molecular weight is 451 g/mol. The van der Waals surface area contributed by atoms with Crippen molar-refractivity contribution in [2.45, 2.75) is 144 Å². The molecule has 0 fully saturated rings. The van der Waals surface area contributed by atoms with Crippen LogP contribution in [0.5, 0.6) is 0 Å². The molecule has 0 aromatic heterocycles. The molecule has 190 valence electrons. The maximum Gasteiger partial charge on any atom is 0.308 e. The summed E-state index contributed by atoms with van der Waals surface area (Å²) in [5.74, 6) is 1.88. The van der Waals surface area contributed by atoms with E-state index in [4.69, 9.17) is 4.74 Å². The summed E-state index contributed by atoms with van der Waals surface area (Å²) in [7, 11) is 0. The van der Waals surface area contributed by atoms with Gasteiger partial charge in [-0.25, -0.2) is 0 Å². The second-order valence-corrected chi connectivity index (χ2v) is 10.5. The fraction of sp³-hybridized carbons (Fsp3) is 0.900. The Hall–Kier alpha value is -0.790. The van der Waals surface area contributed by atoms with Crippen molar-refractivity contribution < 1.29 is 9.53 Å². The Balaban J connectivity index is 4.27. The van der Waals surface area contributed by atoms with Gasteiger partial charge in [-0.1, -0.05) is 118 Å². The normalized spacial score (nSPS) is 15.2. The first kappa shape index (κ1) is 31.2. The van der Waals surface area contributed by atoms with Crippen LogP contribution in [0.4, 0.5) is 0 Å². The molecule has 0 heterocycles. The van der Waals surface area contributed by atoms with E-state index in [0.29, 0.717) is 18.4 Å². The molecule has 0 spiro atoms. The van der Waals surface area contributed by atoms with Crippen molar-refractivity contribution in [1.82, 2.24) is 0 Å². The molecule has 0 aromatic carbocycles. The monoisotopic (exact) mass is 450 g/mol. The molecule has 2 heteroatoms. The van der Waals surface area contributed by atoms with E-state index >= 15 is 0 Å². The molecular formula is C30H58O2. The summed E-state index contributed by atoms with van der Waals surface area (Å²) in [5.41, 5.74) is 1.38. The predicted molar refractivity (Wildman–Crippen MR) is 142 cm³/mol. The van der Waals surface area contributed by atoms with Crippen molar-refractivity contribution in [2.24, 2.45) is 23.7 Å². The molecule has 4 atom stereocenters. The lowest BCUT2D eigenvalue weighted by atomic mass is 9.86. The zero-order valence-electron chi connectivity index (χ0n) is 22.9. The van der Waals surface area contributed by atoms with Crippen LogP contribution in [0.15, 0.2) is 12.2 Å². The highest BCUT2D eigenvalue weighted by Gasteiger charge is 2.19. The molecule has 32 heavy (non-hydrogen) atoms. The first-order chi connectivity index (χ1) is 15.4. The van der Waals surface area contributed by atoms with Gasteiger partial charge in [0.2, 0.25) is 0 Å². The molecule has 0 aliphatic heterocycles. The lowest BCUT2D eigenvalue weighted by molar-refractivity contribution is -0.149. The van der Waals surface area contributed by atoms with Gasteiger partial charge in [0.25, 0.3) is 0 Å². The number of ether oxygens (including phenoxy) is 1. The summed E-state index contributed by atoms with van der Waals surface area (Å²) in [6.07, 6.45) is 19.8. The molecule has 0 saturated carbocycles. The third kappa shape index (κ3) is 15.9. The second kappa shape index (κ2) is 20.8. The first-order valence-corrected chi connectivity index (χ1v) is 14.2. The molecule has 0 aliphatic rings. The summed E-state index contributed by atoms with van der Waals surface area (Å²) >= 11 is 0. The molecule has 0 aromatic rings. The third-order valence-corrected chi connectivity index (χ3v) is 7.29. The minimum atomic E-state index is -0.00921. The highest BCUT2D eigenvalue weighted by molar-refractivity contribution is 5.71. The number of carbonyl (C=O) groups is 1. The van der Waals surface area contributed by atoms with E-state index in [1.807, 2.05) is 6.92 Å². The van der Waals surface area contributed by atoms with E-state index in [2.05, 4.69) is 41.2 Å². The quantitative estimate of drug-likeness (QED) is 0.0931. The predicted octanol–water partition coefficient (Wildman–Crippen LogP) is 9.91. The van der Waals surface area contributed by atoms with Crippen molar-refractivity contribution in [3.8, 4) is 0 Å². The van der Waals surface area contributed by atoms with Gasteiger partial charge in [-0.3, -0.25) is 4.79 Å². The standard InChI is InChI=1S/C30H58O2/c1-8-12-14-18-28(16-10-3)23-22-26(6)25(5)20-21-27(7)30(31)32-24-29(17-11-4)19-15-13-9-2/h25,27-29H,6,8-24H2,1-5,7H3. The third-order valence-electron chi connectivity index (χ3n) is 7.29. The smallest absolute Gasteiger partial charge is 0.308 e. The summed E-state index contributed by atoms with van der Waals surface area (Å²) in [6, 6.07) is 0. The highest BCUT2D eigenvalue weighted by Crippen LogP contribution is 2.28. The summed E-state index contributed by atoms with van der Waals surface area (Å²) in [4.78, 5) is 12.5. The van der Waals surface area contributed by atoms with Crippen LogP contribution in [-0.2, 0) is 9.53 Å². The lowest BCUT2D eigenvalue weighted by Crippen LogP contribution is -2.20. The van der Waals surface area contributed by atoms with Crippen molar-refractivity contribution in [3.05, 3.63) is 12.2 Å². The minimum Gasteiger partial charge on any atom is -0.465 e. The summed E-state index contributed by atoms with van der Waals surface area (Å²) in [6.45, 7) is 18.4. The fourth-order valence-electron chi connectivity index (χ4n) is 4.73. The van der Waals surface area contributed by atoms with Crippen molar-refractivity contribution >= 4 is 5.97 Å². The Kier molecular flexibility index (Phi) is 20.3. The molecule has 0 amide bonds. The van der Waals surface area contributed by atoms with Gasteiger partial charge in [0, 0.05) is 0 Å². The zero-order chi connectivity index (χ0) is 24.2. The molecule has 4 unspecified atom stereocenters. The molecule has 0 rings (SSSR count). The van der Waals surface area contributed by atoms with Crippen LogP contribution >= 0.6 is 0 Å². The molecule has 0 aliphatic carbocycles. The Morgan fingerprint density at radius 3 is 1.75 bits per heavy atom. The Labute approximate surface area is 202 Å². The van der Waals surface area contributed by atoms with E-state index < -0.39 is 0 Å². The van der Waals surface area contributed by atoms with Crippen LogP contribution in [0.2, 0.25) is 0 Å². The minimum absolute atomic E-state index is 0.00154. The second-order valence-electron chi connectivity index (χ2n) is 10.5. The molecule has 2 nitrogen and oxygen atoms in total. The molecule has 0 bridgehead atoms. The number of carbonyl (C=O) groups excluding carboxylic acids is 1. The Bertz CT molecular complexity index is 414.